The van der Waals surface area contributed by atoms with Crippen molar-refractivity contribution in [3.8, 4) is 0 Å². The normalized spacial score (nSPS) is 19.2. The fraction of sp³-hybridized carbons (Fsp3) is 0.263. The molecule has 0 fully saturated rings. The lowest BCUT2D eigenvalue weighted by molar-refractivity contribution is -0.384. The van der Waals surface area contributed by atoms with E-state index in [1.54, 1.807) is 44.2 Å². The van der Waals surface area contributed by atoms with Gasteiger partial charge in [0.25, 0.3) is 5.69 Å². The van der Waals surface area contributed by atoms with Crippen LogP contribution in [-0.2, 0) is 14.6 Å². The van der Waals surface area contributed by atoms with E-state index in [9.17, 15) is 18.5 Å². The molecule has 1 aliphatic heterocycles. The smallest absolute Gasteiger partial charge is 0.269 e. The van der Waals surface area contributed by atoms with Crippen LogP contribution in [0.5, 0.6) is 0 Å². The second kappa shape index (κ2) is 6.34. The van der Waals surface area contributed by atoms with Crippen LogP contribution < -0.4 is 0 Å². The van der Waals surface area contributed by atoms with Crippen molar-refractivity contribution in [2.75, 3.05) is 0 Å². The third-order valence-electron chi connectivity index (χ3n) is 4.22. The van der Waals surface area contributed by atoms with Crippen LogP contribution in [-0.4, -0.2) is 18.9 Å². The number of nitro groups is 1. The van der Waals surface area contributed by atoms with E-state index in [0.717, 1.165) is 5.56 Å². The van der Waals surface area contributed by atoms with Gasteiger partial charge in [0, 0.05) is 12.1 Å². The number of aryl methyl sites for hydroxylation is 1. The van der Waals surface area contributed by atoms with E-state index in [2.05, 4.69) is 0 Å². The summed E-state index contributed by atoms with van der Waals surface area (Å²) in [5, 5.41) is 10.8. The van der Waals surface area contributed by atoms with Gasteiger partial charge in [0.05, 0.1) is 20.3 Å². The van der Waals surface area contributed by atoms with Gasteiger partial charge in [-0.1, -0.05) is 17.7 Å². The number of nitrogens with zero attached hydrogens (tertiary/aromatic N) is 1. The topological polar surface area (TPSA) is 86.5 Å². The molecule has 0 N–H and O–H groups in total. The molecular weight excluding hydrogens is 354 g/mol. The first-order valence-electron chi connectivity index (χ1n) is 8.07. The first kappa shape index (κ1) is 18.3. The Morgan fingerprint density at radius 3 is 2.15 bits per heavy atom. The Hall–Kier alpha value is -2.51. The summed E-state index contributed by atoms with van der Waals surface area (Å²) < 4.78 is 32.2. The Labute approximate surface area is 152 Å². The van der Waals surface area contributed by atoms with Crippen LogP contribution in [0, 0.1) is 17.0 Å². The van der Waals surface area contributed by atoms with Crippen molar-refractivity contribution in [2.45, 2.75) is 37.4 Å². The number of hydrogen-bond acceptors (Lipinski definition) is 5. The Bertz CT molecular complexity index is 974. The molecule has 0 saturated carbocycles. The predicted molar refractivity (Wildman–Crippen MR) is 97.4 cm³/mol. The molecule has 2 aromatic rings. The van der Waals surface area contributed by atoms with Crippen LogP contribution in [0.1, 0.15) is 31.1 Å². The summed E-state index contributed by atoms with van der Waals surface area (Å²) in [4.78, 5) is 10.7. The van der Waals surface area contributed by atoms with Crippen molar-refractivity contribution in [2.24, 2.45) is 0 Å². The van der Waals surface area contributed by atoms with Crippen molar-refractivity contribution in [3.05, 3.63) is 80.8 Å². The van der Waals surface area contributed by atoms with Gasteiger partial charge in [0.2, 0.25) is 9.84 Å². The molecule has 136 valence electrons. The quantitative estimate of drug-likeness (QED) is 0.594. The molecule has 0 amide bonds. The first-order chi connectivity index (χ1) is 12.1. The highest BCUT2D eigenvalue weighted by molar-refractivity contribution is 7.95. The highest BCUT2D eigenvalue weighted by Crippen LogP contribution is 2.43. The zero-order chi connectivity index (χ0) is 19.1. The lowest BCUT2D eigenvalue weighted by Crippen LogP contribution is -2.18. The van der Waals surface area contributed by atoms with Gasteiger partial charge >= 0.3 is 0 Å². The molecule has 0 bridgehead atoms. The van der Waals surface area contributed by atoms with E-state index < -0.39 is 26.5 Å². The highest BCUT2D eigenvalue weighted by atomic mass is 32.2. The largest absolute Gasteiger partial charge is 0.358 e. The molecule has 0 aromatic heterocycles. The van der Waals surface area contributed by atoms with E-state index in [0.29, 0.717) is 5.56 Å². The molecule has 7 heteroatoms. The molecule has 0 radical (unpaired) electrons. The zero-order valence-electron chi connectivity index (χ0n) is 14.7. The van der Waals surface area contributed by atoms with Gasteiger partial charge in [0.1, 0.15) is 6.10 Å². The monoisotopic (exact) mass is 373 g/mol. The van der Waals surface area contributed by atoms with Crippen LogP contribution in [0.3, 0.4) is 0 Å². The summed E-state index contributed by atoms with van der Waals surface area (Å²) >= 11 is 0. The molecule has 26 heavy (non-hydrogen) atoms. The maximum absolute atomic E-state index is 13.1. The van der Waals surface area contributed by atoms with E-state index in [4.69, 9.17) is 4.74 Å². The lowest BCUT2D eigenvalue weighted by Gasteiger charge is -2.21. The average Bonchev–Trinajstić information content (AvgIpc) is 2.92. The van der Waals surface area contributed by atoms with Crippen LogP contribution in [0.2, 0.25) is 0 Å². The van der Waals surface area contributed by atoms with Crippen molar-refractivity contribution < 1.29 is 18.1 Å². The van der Waals surface area contributed by atoms with E-state index in [-0.39, 0.29) is 15.5 Å². The van der Waals surface area contributed by atoms with Crippen LogP contribution in [0.25, 0.3) is 0 Å². The molecule has 1 aliphatic rings. The molecule has 1 heterocycles. The minimum atomic E-state index is -3.75. The minimum Gasteiger partial charge on any atom is -0.358 e. The number of rotatable bonds is 4. The van der Waals surface area contributed by atoms with Crippen LogP contribution in [0.15, 0.2) is 64.4 Å². The van der Waals surface area contributed by atoms with Crippen molar-refractivity contribution in [1.82, 2.24) is 0 Å². The summed E-state index contributed by atoms with van der Waals surface area (Å²) in [6, 6.07) is 12.4. The molecule has 0 saturated heterocycles. The van der Waals surface area contributed by atoms with Gasteiger partial charge in [-0.2, -0.15) is 0 Å². The third kappa shape index (κ3) is 3.40. The van der Waals surface area contributed by atoms with Gasteiger partial charge in [-0.05, 0) is 56.7 Å². The minimum absolute atomic E-state index is 0.0575. The predicted octanol–water partition coefficient (Wildman–Crippen LogP) is 4.11. The second-order valence-electron chi connectivity index (χ2n) is 6.81. The van der Waals surface area contributed by atoms with E-state index in [1.807, 2.05) is 6.92 Å². The van der Waals surface area contributed by atoms with Gasteiger partial charge in [-0.15, -0.1) is 0 Å². The van der Waals surface area contributed by atoms with E-state index >= 15 is 0 Å². The van der Waals surface area contributed by atoms with Gasteiger partial charge < -0.3 is 4.74 Å². The second-order valence-corrected chi connectivity index (χ2v) is 8.76. The molecule has 6 nitrogen and oxygen atoms in total. The average molecular weight is 373 g/mol. The lowest BCUT2D eigenvalue weighted by atomic mass is 10.1. The third-order valence-corrected chi connectivity index (χ3v) is 6.06. The fourth-order valence-corrected chi connectivity index (χ4v) is 4.56. The Morgan fingerprint density at radius 2 is 1.62 bits per heavy atom. The van der Waals surface area contributed by atoms with Crippen molar-refractivity contribution >= 4 is 15.5 Å². The van der Waals surface area contributed by atoms with E-state index in [1.165, 1.54) is 24.3 Å². The van der Waals surface area contributed by atoms with Crippen LogP contribution in [0.4, 0.5) is 5.69 Å². The molecule has 3 rings (SSSR count). The number of ether oxygens (including phenoxy) is 1. The summed E-state index contributed by atoms with van der Waals surface area (Å²) in [7, 11) is -3.75. The Morgan fingerprint density at radius 1 is 1.04 bits per heavy atom. The SMILES string of the molecule is Cc1ccc(S(=O)(=O)C2=CC(C)(C)OC2c2ccc([N+](=O)[O-])cc2)cc1. The highest BCUT2D eigenvalue weighted by Gasteiger charge is 2.40. The van der Waals surface area contributed by atoms with Gasteiger partial charge in [-0.3, -0.25) is 10.1 Å². The molecule has 0 spiro atoms. The number of hydrogen-bond donors (Lipinski definition) is 0. The summed E-state index contributed by atoms with van der Waals surface area (Å²) in [5.74, 6) is 0. The number of benzene rings is 2. The fourth-order valence-electron chi connectivity index (χ4n) is 2.89. The molecular formula is C19H19NO5S. The Balaban J connectivity index is 2.05. The standard InChI is InChI=1S/C19H19NO5S/c1-13-4-10-16(11-5-13)26(23,24)17-12-19(2,3)25-18(17)14-6-8-15(9-7-14)20(21)22/h4-12,18H,1-3H3. The molecule has 1 atom stereocenters. The maximum Gasteiger partial charge on any atom is 0.269 e. The summed E-state index contributed by atoms with van der Waals surface area (Å²) in [6.07, 6.45) is 0.797. The van der Waals surface area contributed by atoms with Gasteiger partial charge in [-0.25, -0.2) is 8.42 Å². The number of non-ortho nitro benzene ring substituents is 1. The Kier molecular flexibility index (Phi) is 4.46. The van der Waals surface area contributed by atoms with Crippen LogP contribution >= 0.6 is 0 Å². The first-order valence-corrected chi connectivity index (χ1v) is 9.55. The summed E-state index contributed by atoms with van der Waals surface area (Å²) in [6.45, 7) is 5.45. The zero-order valence-corrected chi connectivity index (χ0v) is 15.5. The summed E-state index contributed by atoms with van der Waals surface area (Å²) in [5.41, 5.74) is 0.702. The molecule has 0 aliphatic carbocycles. The number of nitro benzene ring substituents is 1. The number of sulfone groups is 1. The van der Waals surface area contributed by atoms with Gasteiger partial charge in [0.15, 0.2) is 0 Å². The molecule has 2 aromatic carbocycles. The maximum atomic E-state index is 13.1. The van der Waals surface area contributed by atoms with Crippen molar-refractivity contribution in [1.29, 1.82) is 0 Å². The molecule has 1 unspecified atom stereocenters. The van der Waals surface area contributed by atoms with Crippen molar-refractivity contribution in [3.63, 3.8) is 0 Å².